The van der Waals surface area contributed by atoms with Crippen molar-refractivity contribution < 1.29 is 17.9 Å². The van der Waals surface area contributed by atoms with Gasteiger partial charge in [0.2, 0.25) is 15.9 Å². The van der Waals surface area contributed by atoms with Gasteiger partial charge in [-0.05, 0) is 32.9 Å². The molecule has 0 saturated carbocycles. The summed E-state index contributed by atoms with van der Waals surface area (Å²) in [7, 11) is -3.82. The van der Waals surface area contributed by atoms with E-state index in [1.807, 2.05) is 32.9 Å². The minimum absolute atomic E-state index is 0.0461. The fourth-order valence-electron chi connectivity index (χ4n) is 2.78. The summed E-state index contributed by atoms with van der Waals surface area (Å²) < 4.78 is 33.1. The van der Waals surface area contributed by atoms with Gasteiger partial charge in [-0.25, -0.2) is 8.42 Å². The maximum atomic E-state index is 13.2. The minimum atomic E-state index is -3.82. The Morgan fingerprint density at radius 3 is 2.35 bits per heavy atom. The number of benzene rings is 2. The summed E-state index contributed by atoms with van der Waals surface area (Å²) in [5.74, 6) is 0.323. The Balaban J connectivity index is 2.48. The highest BCUT2D eigenvalue weighted by Crippen LogP contribution is 2.32. The van der Waals surface area contributed by atoms with Crippen LogP contribution in [0, 0.1) is 0 Å². The van der Waals surface area contributed by atoms with E-state index in [4.69, 9.17) is 4.74 Å². The zero-order chi connectivity index (χ0) is 19.3. The fourth-order valence-corrected chi connectivity index (χ4v) is 4.38. The lowest BCUT2D eigenvalue weighted by atomic mass is 10.1. The maximum Gasteiger partial charge on any atom is 0.244 e. The van der Waals surface area contributed by atoms with Gasteiger partial charge in [0.05, 0.1) is 18.0 Å². The summed E-state index contributed by atoms with van der Waals surface area (Å²) in [4.78, 5) is 12.2. The van der Waals surface area contributed by atoms with Crippen molar-refractivity contribution in [2.75, 3.05) is 19.7 Å². The molecule has 0 aromatic heterocycles. The fraction of sp³-hybridized carbons (Fsp3) is 0.421. The minimum Gasteiger partial charge on any atom is -0.493 e. The molecule has 26 heavy (non-hydrogen) atoms. The molecule has 142 valence electrons. The number of nitrogens with zero attached hydrogens (tertiary/aromatic N) is 1. The molecular formula is C19H26N2O4S. The van der Waals surface area contributed by atoms with Gasteiger partial charge < -0.3 is 10.1 Å². The summed E-state index contributed by atoms with van der Waals surface area (Å²) in [5.41, 5.74) is 0. The van der Waals surface area contributed by atoms with E-state index in [0.29, 0.717) is 17.7 Å². The third kappa shape index (κ3) is 4.34. The number of amides is 1. The van der Waals surface area contributed by atoms with Gasteiger partial charge in [0.1, 0.15) is 5.75 Å². The normalized spacial score (nSPS) is 11.9. The smallest absolute Gasteiger partial charge is 0.244 e. The molecule has 2 rings (SSSR count). The van der Waals surface area contributed by atoms with Gasteiger partial charge in [0.15, 0.2) is 0 Å². The van der Waals surface area contributed by atoms with Crippen molar-refractivity contribution in [3.63, 3.8) is 0 Å². The summed E-state index contributed by atoms with van der Waals surface area (Å²) in [5, 5.41) is 4.05. The number of fused-ring (bicyclic) bond motifs is 1. The van der Waals surface area contributed by atoms with Gasteiger partial charge in [0.25, 0.3) is 0 Å². The van der Waals surface area contributed by atoms with Crippen molar-refractivity contribution in [1.29, 1.82) is 0 Å². The summed E-state index contributed by atoms with van der Waals surface area (Å²) in [6.45, 7) is 7.76. The zero-order valence-electron chi connectivity index (χ0n) is 15.7. The lowest BCUT2D eigenvalue weighted by molar-refractivity contribution is -0.121. The van der Waals surface area contributed by atoms with E-state index in [0.717, 1.165) is 5.39 Å². The van der Waals surface area contributed by atoms with Crippen LogP contribution < -0.4 is 10.1 Å². The number of nitrogens with one attached hydrogen (secondary N) is 1. The third-order valence-electron chi connectivity index (χ3n) is 3.88. The van der Waals surface area contributed by atoms with E-state index in [-0.39, 0.29) is 29.9 Å². The number of carbonyl (C=O) groups is 1. The van der Waals surface area contributed by atoms with Crippen LogP contribution in [0.25, 0.3) is 10.8 Å². The number of likely N-dealkylation sites (N-methyl/N-ethyl adjacent to an activating group) is 1. The molecule has 0 aliphatic heterocycles. The van der Waals surface area contributed by atoms with E-state index in [1.165, 1.54) is 4.31 Å². The van der Waals surface area contributed by atoms with Crippen molar-refractivity contribution >= 4 is 26.7 Å². The molecular weight excluding hydrogens is 352 g/mol. The van der Waals surface area contributed by atoms with E-state index < -0.39 is 10.0 Å². The molecule has 0 heterocycles. The van der Waals surface area contributed by atoms with Crippen LogP contribution in [0.15, 0.2) is 41.3 Å². The van der Waals surface area contributed by atoms with Crippen LogP contribution in [0.4, 0.5) is 0 Å². The molecule has 0 aliphatic rings. The van der Waals surface area contributed by atoms with Crippen molar-refractivity contribution in [1.82, 2.24) is 9.62 Å². The molecule has 0 unspecified atom stereocenters. The highest BCUT2D eigenvalue weighted by molar-refractivity contribution is 7.89. The molecule has 6 nitrogen and oxygen atoms in total. The Bertz CT molecular complexity index is 878. The van der Waals surface area contributed by atoms with Crippen LogP contribution in [0.1, 0.15) is 27.7 Å². The van der Waals surface area contributed by atoms with Gasteiger partial charge in [-0.2, -0.15) is 4.31 Å². The van der Waals surface area contributed by atoms with Crippen molar-refractivity contribution in [2.45, 2.75) is 38.6 Å². The van der Waals surface area contributed by atoms with Crippen LogP contribution in [-0.2, 0) is 14.8 Å². The summed E-state index contributed by atoms with van der Waals surface area (Å²) in [6, 6.07) is 10.4. The quantitative estimate of drug-likeness (QED) is 0.766. The second kappa shape index (κ2) is 8.51. The van der Waals surface area contributed by atoms with Gasteiger partial charge >= 0.3 is 0 Å². The van der Waals surface area contributed by atoms with Crippen LogP contribution >= 0.6 is 0 Å². The number of rotatable bonds is 8. The molecule has 0 fully saturated rings. The molecule has 1 N–H and O–H groups in total. The standard InChI is InChI=1S/C19H26N2O4S/c1-5-21(13-19(22)20-14(3)4)26(23,24)18-12-11-17(25-6-2)15-9-7-8-10-16(15)18/h7-12,14H,5-6,13H2,1-4H3,(H,20,22). The molecule has 7 heteroatoms. The number of sulfonamides is 1. The molecule has 0 aliphatic carbocycles. The van der Waals surface area contributed by atoms with Crippen LogP contribution in [0.2, 0.25) is 0 Å². The van der Waals surface area contributed by atoms with E-state index in [2.05, 4.69) is 5.32 Å². The largest absolute Gasteiger partial charge is 0.493 e. The van der Waals surface area contributed by atoms with Crippen molar-refractivity contribution in [3.05, 3.63) is 36.4 Å². The Morgan fingerprint density at radius 1 is 1.12 bits per heavy atom. The average Bonchev–Trinajstić information content (AvgIpc) is 2.59. The van der Waals surface area contributed by atoms with Gasteiger partial charge in [-0.3, -0.25) is 4.79 Å². The van der Waals surface area contributed by atoms with Gasteiger partial charge in [-0.15, -0.1) is 0 Å². The van der Waals surface area contributed by atoms with E-state index in [9.17, 15) is 13.2 Å². The Hall–Kier alpha value is -2.12. The van der Waals surface area contributed by atoms with Crippen LogP contribution in [0.5, 0.6) is 5.75 Å². The van der Waals surface area contributed by atoms with Crippen molar-refractivity contribution in [2.24, 2.45) is 0 Å². The second-order valence-electron chi connectivity index (χ2n) is 6.19. The lowest BCUT2D eigenvalue weighted by Crippen LogP contribution is -2.42. The molecule has 2 aromatic rings. The Labute approximate surface area is 155 Å². The van der Waals surface area contributed by atoms with E-state index >= 15 is 0 Å². The first kappa shape index (κ1) is 20.2. The highest BCUT2D eigenvalue weighted by Gasteiger charge is 2.27. The SMILES string of the molecule is CCOc1ccc(S(=O)(=O)N(CC)CC(=O)NC(C)C)c2ccccc12. The molecule has 2 aromatic carbocycles. The number of ether oxygens (including phenoxy) is 1. The van der Waals surface area contributed by atoms with Gasteiger partial charge in [0, 0.05) is 23.4 Å². The van der Waals surface area contributed by atoms with Crippen molar-refractivity contribution in [3.8, 4) is 5.75 Å². The monoisotopic (exact) mass is 378 g/mol. The molecule has 1 amide bonds. The second-order valence-corrected chi connectivity index (χ2v) is 8.10. The lowest BCUT2D eigenvalue weighted by Gasteiger charge is -2.22. The molecule has 0 atom stereocenters. The predicted molar refractivity (Wildman–Crippen MR) is 103 cm³/mol. The first-order chi connectivity index (χ1) is 12.3. The number of carbonyl (C=O) groups excluding carboxylic acids is 1. The van der Waals surface area contributed by atoms with Crippen LogP contribution in [0.3, 0.4) is 0 Å². The zero-order valence-corrected chi connectivity index (χ0v) is 16.5. The molecule has 0 bridgehead atoms. The summed E-state index contributed by atoms with van der Waals surface area (Å²) in [6.07, 6.45) is 0. The topological polar surface area (TPSA) is 75.7 Å². The third-order valence-corrected chi connectivity index (χ3v) is 5.86. The molecule has 0 radical (unpaired) electrons. The summed E-state index contributed by atoms with van der Waals surface area (Å²) >= 11 is 0. The first-order valence-corrected chi connectivity index (χ1v) is 10.2. The first-order valence-electron chi connectivity index (χ1n) is 8.75. The highest BCUT2D eigenvalue weighted by atomic mass is 32.2. The predicted octanol–water partition coefficient (Wildman–Crippen LogP) is 2.77. The Morgan fingerprint density at radius 2 is 1.77 bits per heavy atom. The number of hydrogen-bond donors (Lipinski definition) is 1. The van der Waals surface area contributed by atoms with Gasteiger partial charge in [-0.1, -0.05) is 31.2 Å². The number of hydrogen-bond acceptors (Lipinski definition) is 4. The molecule has 0 spiro atoms. The van der Waals surface area contributed by atoms with E-state index in [1.54, 1.807) is 31.2 Å². The molecule has 0 saturated heterocycles. The maximum absolute atomic E-state index is 13.2. The Kier molecular flexibility index (Phi) is 6.61. The van der Waals surface area contributed by atoms with Crippen LogP contribution in [-0.4, -0.2) is 44.4 Å². The average molecular weight is 378 g/mol.